The Morgan fingerprint density at radius 1 is 1.03 bits per heavy atom. The standard InChI is InChI=1S/C26H32N4O4/c1-16(2)22(28-20-12-10-19(11-13-20)24(33)27-15-14-21(31)32)17-6-8-18(9-7-17)23-29-25(34-30-23)26(3,4)5/h6-13,16,22,28H,14-15H2,1-5H3,(H,27,33)(H,31,32). The number of aliphatic carboxylic acids is 1. The van der Waals surface area contributed by atoms with Gasteiger partial charge in [0.2, 0.25) is 11.7 Å². The van der Waals surface area contributed by atoms with Crippen molar-refractivity contribution in [1.82, 2.24) is 15.5 Å². The molecule has 0 saturated heterocycles. The summed E-state index contributed by atoms with van der Waals surface area (Å²) in [6.07, 6.45) is -0.106. The maximum Gasteiger partial charge on any atom is 0.305 e. The van der Waals surface area contributed by atoms with Crippen molar-refractivity contribution in [1.29, 1.82) is 0 Å². The second-order valence-corrected chi connectivity index (χ2v) is 9.64. The van der Waals surface area contributed by atoms with Crippen molar-refractivity contribution in [3.63, 3.8) is 0 Å². The van der Waals surface area contributed by atoms with Crippen LogP contribution >= 0.6 is 0 Å². The van der Waals surface area contributed by atoms with Crippen LogP contribution in [0.3, 0.4) is 0 Å². The highest BCUT2D eigenvalue weighted by atomic mass is 16.5. The summed E-state index contributed by atoms with van der Waals surface area (Å²) in [5, 5.41) is 19.0. The fourth-order valence-corrected chi connectivity index (χ4v) is 3.40. The summed E-state index contributed by atoms with van der Waals surface area (Å²) in [5.41, 5.74) is 3.18. The molecule has 180 valence electrons. The molecule has 8 heteroatoms. The average molecular weight is 465 g/mol. The van der Waals surface area contributed by atoms with E-state index in [4.69, 9.17) is 9.63 Å². The Hall–Kier alpha value is -3.68. The summed E-state index contributed by atoms with van der Waals surface area (Å²) >= 11 is 0. The van der Waals surface area contributed by atoms with Gasteiger partial charge in [-0.2, -0.15) is 4.98 Å². The first-order chi connectivity index (χ1) is 16.0. The van der Waals surface area contributed by atoms with Crippen molar-refractivity contribution in [2.24, 2.45) is 5.92 Å². The zero-order valence-electron chi connectivity index (χ0n) is 20.3. The fourth-order valence-electron chi connectivity index (χ4n) is 3.40. The van der Waals surface area contributed by atoms with Crippen molar-refractivity contribution in [2.45, 2.75) is 52.5 Å². The summed E-state index contributed by atoms with van der Waals surface area (Å²) in [7, 11) is 0. The van der Waals surface area contributed by atoms with E-state index >= 15 is 0 Å². The van der Waals surface area contributed by atoms with Crippen LogP contribution in [0, 0.1) is 5.92 Å². The predicted octanol–water partition coefficient (Wildman–Crippen LogP) is 5.05. The number of nitrogens with zero attached hydrogens (tertiary/aromatic N) is 2. The molecule has 8 nitrogen and oxygen atoms in total. The molecule has 0 aliphatic carbocycles. The van der Waals surface area contributed by atoms with Crippen molar-refractivity contribution in [2.75, 3.05) is 11.9 Å². The third-order valence-corrected chi connectivity index (χ3v) is 5.36. The number of anilines is 1. The third kappa shape index (κ3) is 6.43. The lowest BCUT2D eigenvalue weighted by molar-refractivity contribution is -0.136. The third-order valence-electron chi connectivity index (χ3n) is 5.36. The van der Waals surface area contributed by atoms with Gasteiger partial charge in [-0.25, -0.2) is 0 Å². The molecule has 3 aromatic rings. The van der Waals surface area contributed by atoms with Gasteiger partial charge in [0.05, 0.1) is 12.5 Å². The van der Waals surface area contributed by atoms with Gasteiger partial charge in [0.1, 0.15) is 0 Å². The molecule has 0 radical (unpaired) electrons. The molecule has 1 atom stereocenters. The summed E-state index contributed by atoms with van der Waals surface area (Å²) < 4.78 is 5.41. The van der Waals surface area contributed by atoms with Crippen LogP contribution in [0.1, 0.15) is 68.9 Å². The lowest BCUT2D eigenvalue weighted by atomic mass is 9.94. The van der Waals surface area contributed by atoms with Crippen molar-refractivity contribution >= 4 is 17.6 Å². The number of hydrogen-bond donors (Lipinski definition) is 3. The molecule has 3 N–H and O–H groups in total. The Morgan fingerprint density at radius 3 is 2.21 bits per heavy atom. The number of nitrogens with one attached hydrogen (secondary N) is 2. The van der Waals surface area contributed by atoms with E-state index in [-0.39, 0.29) is 30.3 Å². The molecule has 0 saturated carbocycles. The molecule has 2 aromatic carbocycles. The lowest BCUT2D eigenvalue weighted by Crippen LogP contribution is -2.26. The number of rotatable bonds is 9. The first-order valence-electron chi connectivity index (χ1n) is 11.4. The van der Waals surface area contributed by atoms with Gasteiger partial charge in [-0.05, 0) is 35.7 Å². The molecular formula is C26H32N4O4. The van der Waals surface area contributed by atoms with Crippen LogP contribution in [0.25, 0.3) is 11.4 Å². The molecule has 0 fully saturated rings. The fraction of sp³-hybridized carbons (Fsp3) is 0.385. The molecule has 1 unspecified atom stereocenters. The van der Waals surface area contributed by atoms with E-state index in [9.17, 15) is 9.59 Å². The van der Waals surface area contributed by atoms with Crippen LogP contribution in [-0.4, -0.2) is 33.7 Å². The minimum absolute atomic E-state index is 0.0553. The van der Waals surface area contributed by atoms with Crippen LogP contribution in [0.2, 0.25) is 0 Å². The Kier molecular flexibility index (Phi) is 7.71. The van der Waals surface area contributed by atoms with Gasteiger partial charge in [-0.1, -0.05) is 64.0 Å². The molecule has 0 aliphatic heterocycles. The van der Waals surface area contributed by atoms with Gasteiger partial charge in [-0.15, -0.1) is 0 Å². The van der Waals surface area contributed by atoms with E-state index in [0.29, 0.717) is 23.2 Å². The Labute approximate surface area is 199 Å². The number of benzene rings is 2. The predicted molar refractivity (Wildman–Crippen MR) is 131 cm³/mol. The zero-order chi connectivity index (χ0) is 24.9. The molecule has 0 bridgehead atoms. The number of hydrogen-bond acceptors (Lipinski definition) is 6. The largest absolute Gasteiger partial charge is 0.481 e. The van der Waals surface area contributed by atoms with Crippen LogP contribution in [0.15, 0.2) is 53.1 Å². The topological polar surface area (TPSA) is 117 Å². The maximum atomic E-state index is 12.2. The summed E-state index contributed by atoms with van der Waals surface area (Å²) in [4.78, 5) is 27.3. The highest BCUT2D eigenvalue weighted by molar-refractivity contribution is 5.94. The molecule has 34 heavy (non-hydrogen) atoms. The van der Waals surface area contributed by atoms with Gasteiger partial charge in [0.15, 0.2) is 0 Å². The van der Waals surface area contributed by atoms with Crippen molar-refractivity contribution in [3.8, 4) is 11.4 Å². The number of carboxylic acids is 1. The van der Waals surface area contributed by atoms with E-state index < -0.39 is 5.97 Å². The SMILES string of the molecule is CC(C)C(Nc1ccc(C(=O)NCCC(=O)O)cc1)c1ccc(-c2noc(C(C)(C)C)n2)cc1. The van der Waals surface area contributed by atoms with E-state index in [1.807, 2.05) is 45.0 Å². The van der Waals surface area contributed by atoms with E-state index in [1.54, 1.807) is 12.1 Å². The van der Waals surface area contributed by atoms with E-state index in [2.05, 4.69) is 46.8 Å². The zero-order valence-corrected chi connectivity index (χ0v) is 20.3. The Balaban J connectivity index is 1.69. The molecular weight excluding hydrogens is 432 g/mol. The molecule has 1 amide bonds. The summed E-state index contributed by atoms with van der Waals surface area (Å²) in [5.74, 6) is 0.247. The normalized spacial score (nSPS) is 12.4. The second-order valence-electron chi connectivity index (χ2n) is 9.64. The highest BCUT2D eigenvalue weighted by Crippen LogP contribution is 2.29. The minimum Gasteiger partial charge on any atom is -0.481 e. The summed E-state index contributed by atoms with van der Waals surface area (Å²) in [6.45, 7) is 10.5. The first-order valence-corrected chi connectivity index (χ1v) is 11.4. The number of carboxylic acid groups (broad SMARTS) is 1. The van der Waals surface area contributed by atoms with E-state index in [1.165, 1.54) is 0 Å². The van der Waals surface area contributed by atoms with Gasteiger partial charge < -0.3 is 20.3 Å². The van der Waals surface area contributed by atoms with Crippen LogP contribution < -0.4 is 10.6 Å². The molecule has 0 spiro atoms. The Morgan fingerprint density at radius 2 is 1.68 bits per heavy atom. The number of amides is 1. The quantitative estimate of drug-likeness (QED) is 0.406. The average Bonchev–Trinajstić information content (AvgIpc) is 3.28. The van der Waals surface area contributed by atoms with Crippen LogP contribution in [-0.2, 0) is 10.2 Å². The van der Waals surface area contributed by atoms with Gasteiger partial charge in [0, 0.05) is 28.8 Å². The smallest absolute Gasteiger partial charge is 0.305 e. The molecule has 0 aliphatic rings. The number of carbonyl (C=O) groups is 2. The van der Waals surface area contributed by atoms with Crippen molar-refractivity contribution in [3.05, 3.63) is 65.5 Å². The van der Waals surface area contributed by atoms with Gasteiger partial charge in [-0.3, -0.25) is 9.59 Å². The highest BCUT2D eigenvalue weighted by Gasteiger charge is 2.22. The first kappa shape index (κ1) is 25.0. The maximum absolute atomic E-state index is 12.2. The van der Waals surface area contributed by atoms with Crippen LogP contribution in [0.4, 0.5) is 5.69 Å². The lowest BCUT2D eigenvalue weighted by Gasteiger charge is -2.24. The molecule has 1 heterocycles. The second kappa shape index (κ2) is 10.5. The summed E-state index contributed by atoms with van der Waals surface area (Å²) in [6, 6.07) is 15.3. The number of aromatic nitrogens is 2. The van der Waals surface area contributed by atoms with Crippen molar-refractivity contribution < 1.29 is 19.2 Å². The minimum atomic E-state index is -0.945. The monoisotopic (exact) mass is 464 g/mol. The molecule has 3 rings (SSSR count). The molecule has 1 aromatic heterocycles. The Bertz CT molecular complexity index is 1110. The van der Waals surface area contributed by atoms with E-state index in [0.717, 1.165) is 16.8 Å². The van der Waals surface area contributed by atoms with Crippen LogP contribution in [0.5, 0.6) is 0 Å². The van der Waals surface area contributed by atoms with Gasteiger partial charge in [0.25, 0.3) is 5.91 Å². The van der Waals surface area contributed by atoms with Gasteiger partial charge >= 0.3 is 5.97 Å². The number of carbonyl (C=O) groups excluding carboxylic acids is 1.